The van der Waals surface area contributed by atoms with Gasteiger partial charge in [0.05, 0.1) is 0 Å². The number of hydrogen-bond donors (Lipinski definition) is 2. The zero-order valence-corrected chi connectivity index (χ0v) is 15.3. The van der Waals surface area contributed by atoms with E-state index in [4.69, 9.17) is 5.11 Å². The van der Waals surface area contributed by atoms with Gasteiger partial charge in [-0.15, -0.1) is 0 Å². The molecule has 1 aliphatic rings. The number of allylic oxidation sites excluding steroid dienone is 2. The summed E-state index contributed by atoms with van der Waals surface area (Å²) in [5.74, 6) is -0.897. The smallest absolute Gasteiger partial charge is 0.303 e. The number of unbranched alkanes of at least 4 members (excludes halogenated alkanes) is 1. The lowest BCUT2D eigenvalue weighted by Crippen LogP contribution is -2.31. The van der Waals surface area contributed by atoms with E-state index < -0.39 is 21.8 Å². The van der Waals surface area contributed by atoms with Gasteiger partial charge in [-0.2, -0.15) is 0 Å². The maximum absolute atomic E-state index is 13.1. The molecule has 5 nitrogen and oxygen atoms in total. The van der Waals surface area contributed by atoms with E-state index in [9.17, 15) is 17.6 Å². The first-order chi connectivity index (χ1) is 12.3. The van der Waals surface area contributed by atoms with E-state index in [1.165, 1.54) is 24.3 Å². The molecule has 2 atom stereocenters. The molecule has 26 heavy (non-hydrogen) atoms. The van der Waals surface area contributed by atoms with Crippen molar-refractivity contribution in [2.45, 2.75) is 44.6 Å². The molecule has 0 amide bonds. The normalized spacial score (nSPS) is 21.0. The number of sulfonamides is 1. The summed E-state index contributed by atoms with van der Waals surface area (Å²) in [6.45, 7) is 0. The fourth-order valence-electron chi connectivity index (χ4n) is 3.01. The van der Waals surface area contributed by atoms with Gasteiger partial charge in [0.15, 0.2) is 0 Å². The van der Waals surface area contributed by atoms with E-state index in [0.717, 1.165) is 31.1 Å². The largest absolute Gasteiger partial charge is 0.481 e. The maximum Gasteiger partial charge on any atom is 0.303 e. The molecule has 1 aliphatic carbocycles. The minimum atomic E-state index is -3.58. The zero-order valence-electron chi connectivity index (χ0n) is 14.5. The van der Waals surface area contributed by atoms with Crippen LogP contribution in [0.4, 0.5) is 4.39 Å². The predicted octanol–water partition coefficient (Wildman–Crippen LogP) is 3.70. The van der Waals surface area contributed by atoms with Gasteiger partial charge in [-0.25, -0.2) is 17.5 Å². The van der Waals surface area contributed by atoms with E-state index in [-0.39, 0.29) is 12.5 Å². The fourth-order valence-corrected chi connectivity index (χ4v) is 4.10. The van der Waals surface area contributed by atoms with E-state index in [2.05, 4.69) is 10.8 Å². The van der Waals surface area contributed by atoms with Crippen molar-refractivity contribution < 1.29 is 22.7 Å². The number of nitrogens with one attached hydrogen (secondary N) is 1. The number of halogens is 1. The van der Waals surface area contributed by atoms with E-state index in [1.807, 2.05) is 6.08 Å². The monoisotopic (exact) mass is 381 g/mol. The molecule has 142 valence electrons. The molecular formula is C19H24FNO4S. The van der Waals surface area contributed by atoms with Crippen LogP contribution in [0.25, 0.3) is 6.08 Å². The zero-order chi connectivity index (χ0) is 19.0. The molecule has 1 saturated carbocycles. The summed E-state index contributed by atoms with van der Waals surface area (Å²) in [6.07, 6.45) is 9.28. The second-order valence-electron chi connectivity index (χ2n) is 6.50. The molecule has 2 N–H and O–H groups in total. The fraction of sp³-hybridized carbons (Fsp3) is 0.421. The van der Waals surface area contributed by atoms with Crippen LogP contribution in [-0.2, 0) is 14.8 Å². The lowest BCUT2D eigenvalue weighted by atomic mass is 10.1. The molecule has 2 unspecified atom stereocenters. The van der Waals surface area contributed by atoms with Crippen LogP contribution in [0.5, 0.6) is 0 Å². The molecule has 0 aliphatic heterocycles. The van der Waals surface area contributed by atoms with Crippen LogP contribution in [0.3, 0.4) is 0 Å². The third-order valence-corrected chi connectivity index (χ3v) is 5.42. The Kier molecular flexibility index (Phi) is 7.53. The van der Waals surface area contributed by atoms with Crippen LogP contribution in [0.15, 0.2) is 41.8 Å². The molecule has 1 aromatic rings. The molecule has 0 saturated heterocycles. The highest BCUT2D eigenvalue weighted by atomic mass is 32.2. The minimum absolute atomic E-state index is 0.120. The number of carboxylic acid groups (broad SMARTS) is 1. The molecule has 2 rings (SSSR count). The summed E-state index contributed by atoms with van der Waals surface area (Å²) in [7, 11) is -3.58. The van der Waals surface area contributed by atoms with Crippen LogP contribution in [0.2, 0.25) is 0 Å². The van der Waals surface area contributed by atoms with Crippen LogP contribution in [-0.4, -0.2) is 25.5 Å². The molecule has 0 spiro atoms. The van der Waals surface area contributed by atoms with Crippen LogP contribution in [0.1, 0.15) is 44.1 Å². The first-order valence-electron chi connectivity index (χ1n) is 8.68. The van der Waals surface area contributed by atoms with Gasteiger partial charge in [-0.1, -0.05) is 24.3 Å². The first kappa shape index (κ1) is 20.3. The topological polar surface area (TPSA) is 83.5 Å². The number of carbonyl (C=O) groups is 1. The highest BCUT2D eigenvalue weighted by molar-refractivity contribution is 7.92. The molecule has 0 radical (unpaired) electrons. The Morgan fingerprint density at radius 3 is 2.88 bits per heavy atom. The van der Waals surface area contributed by atoms with Crippen molar-refractivity contribution in [1.82, 2.24) is 4.72 Å². The van der Waals surface area contributed by atoms with Crippen molar-refractivity contribution in [3.05, 3.63) is 53.2 Å². The van der Waals surface area contributed by atoms with Gasteiger partial charge in [0.2, 0.25) is 10.0 Å². The van der Waals surface area contributed by atoms with Crippen molar-refractivity contribution in [2.75, 3.05) is 0 Å². The SMILES string of the molecule is O=C(O)CCCC=CC1CCC(NS(=O)(=O)C=Cc2cccc(F)c2)C1. The lowest BCUT2D eigenvalue weighted by Gasteiger charge is -2.10. The number of hydrogen-bond acceptors (Lipinski definition) is 3. The average molecular weight is 381 g/mol. The van der Waals surface area contributed by atoms with Gasteiger partial charge in [-0.3, -0.25) is 4.79 Å². The molecule has 0 heterocycles. The Morgan fingerprint density at radius 2 is 2.15 bits per heavy atom. The third kappa shape index (κ3) is 7.49. The first-order valence-corrected chi connectivity index (χ1v) is 10.2. The van der Waals surface area contributed by atoms with Gasteiger partial charge < -0.3 is 5.11 Å². The Hall–Kier alpha value is -1.99. The maximum atomic E-state index is 13.1. The highest BCUT2D eigenvalue weighted by Crippen LogP contribution is 2.27. The number of aliphatic carboxylic acids is 1. The Balaban J connectivity index is 1.79. The summed E-state index contributed by atoms with van der Waals surface area (Å²) in [5, 5.41) is 9.65. The van der Waals surface area contributed by atoms with Gasteiger partial charge in [0, 0.05) is 17.9 Å². The predicted molar refractivity (Wildman–Crippen MR) is 99.2 cm³/mol. The van der Waals surface area contributed by atoms with E-state index in [0.29, 0.717) is 17.9 Å². The summed E-state index contributed by atoms with van der Waals surface area (Å²) in [6, 6.07) is 5.62. The van der Waals surface area contributed by atoms with Crippen molar-refractivity contribution in [2.24, 2.45) is 5.92 Å². The molecule has 1 aromatic carbocycles. The Morgan fingerprint density at radius 1 is 1.35 bits per heavy atom. The van der Waals surface area contributed by atoms with Crippen LogP contribution < -0.4 is 4.72 Å². The molecule has 0 aromatic heterocycles. The minimum Gasteiger partial charge on any atom is -0.481 e. The molecule has 7 heteroatoms. The Bertz CT molecular complexity index is 773. The molecular weight excluding hydrogens is 357 g/mol. The summed E-state index contributed by atoms with van der Waals surface area (Å²) >= 11 is 0. The number of rotatable bonds is 9. The van der Waals surface area contributed by atoms with Crippen LogP contribution in [0, 0.1) is 11.7 Å². The Labute approximate surface area is 153 Å². The van der Waals surface area contributed by atoms with Crippen molar-refractivity contribution >= 4 is 22.1 Å². The van der Waals surface area contributed by atoms with Crippen molar-refractivity contribution in [1.29, 1.82) is 0 Å². The van der Waals surface area contributed by atoms with Gasteiger partial charge >= 0.3 is 5.97 Å². The van der Waals surface area contributed by atoms with Gasteiger partial charge in [0.25, 0.3) is 0 Å². The second-order valence-corrected chi connectivity index (χ2v) is 8.10. The van der Waals surface area contributed by atoms with E-state index >= 15 is 0 Å². The highest BCUT2D eigenvalue weighted by Gasteiger charge is 2.25. The summed E-state index contributed by atoms with van der Waals surface area (Å²) in [4.78, 5) is 10.4. The summed E-state index contributed by atoms with van der Waals surface area (Å²) in [5.41, 5.74) is 0.490. The standard InChI is InChI=1S/C19H24FNO4S/c20-17-7-4-6-16(13-17)11-12-26(24,25)21-18-10-9-15(14-18)5-2-1-3-8-19(22)23/h2,4-7,11-13,15,18,21H,1,3,8-10,14H2,(H,22,23). The quantitative estimate of drug-likeness (QED) is 0.505. The summed E-state index contributed by atoms with van der Waals surface area (Å²) < 4.78 is 40.1. The average Bonchev–Trinajstić information content (AvgIpc) is 2.99. The van der Waals surface area contributed by atoms with Gasteiger partial charge in [-0.05, 0) is 61.8 Å². The van der Waals surface area contributed by atoms with E-state index in [1.54, 1.807) is 6.07 Å². The van der Waals surface area contributed by atoms with Crippen molar-refractivity contribution in [3.8, 4) is 0 Å². The lowest BCUT2D eigenvalue weighted by molar-refractivity contribution is -0.137. The number of carboxylic acids is 1. The second kappa shape index (κ2) is 9.64. The molecule has 1 fully saturated rings. The van der Waals surface area contributed by atoms with Crippen LogP contribution >= 0.6 is 0 Å². The van der Waals surface area contributed by atoms with Crippen molar-refractivity contribution in [3.63, 3.8) is 0 Å². The molecule has 0 bridgehead atoms. The van der Waals surface area contributed by atoms with Gasteiger partial charge in [0.1, 0.15) is 5.82 Å². The number of benzene rings is 1. The third-order valence-electron chi connectivity index (χ3n) is 4.26.